The van der Waals surface area contributed by atoms with E-state index in [1.807, 2.05) is 18.2 Å². The van der Waals surface area contributed by atoms with Gasteiger partial charge >= 0.3 is 0 Å². The average Bonchev–Trinajstić information content (AvgIpc) is 4.04. The number of ether oxygens (including phenoxy) is 1. The second-order valence-electron chi connectivity index (χ2n) is 20.1. The molecular formula is C64H51BN4O. The number of benzene rings is 9. The smallest absolute Gasteiger partial charge is 0.251 e. The van der Waals surface area contributed by atoms with Crippen molar-refractivity contribution in [2.24, 2.45) is 0 Å². The van der Waals surface area contributed by atoms with Crippen LogP contribution < -0.4 is 21.1 Å². The Kier molecular flexibility index (Phi) is 9.52. The molecule has 0 atom stereocenters. The molecule has 13 rings (SSSR count). The predicted molar refractivity (Wildman–Crippen MR) is 294 cm³/mol. The molecule has 336 valence electrons. The van der Waals surface area contributed by atoms with Gasteiger partial charge in [-0.25, -0.2) is 0 Å². The molecule has 4 heterocycles. The zero-order valence-corrected chi connectivity index (χ0v) is 40.3. The number of rotatable bonds is 7. The summed E-state index contributed by atoms with van der Waals surface area (Å²) >= 11 is 0. The van der Waals surface area contributed by atoms with Crippen molar-refractivity contribution in [1.82, 2.24) is 13.7 Å². The number of hydrogen-bond donors (Lipinski definition) is 0. The molecule has 6 heteroatoms. The zero-order valence-electron chi connectivity index (χ0n) is 40.3. The van der Waals surface area contributed by atoms with Gasteiger partial charge in [0, 0.05) is 55.4 Å². The second kappa shape index (κ2) is 15.9. The first-order valence-corrected chi connectivity index (χ1v) is 24.8. The van der Waals surface area contributed by atoms with Crippen LogP contribution in [-0.2, 0) is 0 Å². The molecular weight excluding hydrogens is 852 g/mol. The molecule has 0 unspecified atom stereocenters. The summed E-state index contributed by atoms with van der Waals surface area (Å²) in [6.45, 7) is 14.0. The Balaban J connectivity index is 1.20. The summed E-state index contributed by atoms with van der Waals surface area (Å²) in [5.74, 6) is 2.85. The molecule has 9 aromatic carbocycles. The lowest BCUT2D eigenvalue weighted by Gasteiger charge is -2.32. The third kappa shape index (κ3) is 6.04. The molecule has 0 N–H and O–H groups in total. The minimum Gasteiger partial charge on any atom is -0.458 e. The van der Waals surface area contributed by atoms with Gasteiger partial charge < -0.3 is 18.4 Å². The van der Waals surface area contributed by atoms with E-state index in [1.54, 1.807) is 0 Å². The maximum atomic E-state index is 10.3. The normalized spacial score (nSPS) is 12.6. The van der Waals surface area contributed by atoms with Gasteiger partial charge in [0.1, 0.15) is 11.5 Å². The van der Waals surface area contributed by atoms with Crippen molar-refractivity contribution in [1.29, 1.82) is 5.26 Å². The van der Waals surface area contributed by atoms with E-state index in [0.717, 1.165) is 77.8 Å². The molecule has 0 aliphatic carbocycles. The van der Waals surface area contributed by atoms with Crippen molar-refractivity contribution in [3.05, 3.63) is 204 Å². The Morgan fingerprint density at radius 3 is 1.44 bits per heavy atom. The van der Waals surface area contributed by atoms with E-state index < -0.39 is 0 Å². The lowest BCUT2D eigenvalue weighted by Crippen LogP contribution is -2.57. The molecule has 0 bridgehead atoms. The first-order valence-electron chi connectivity index (χ1n) is 24.8. The van der Waals surface area contributed by atoms with Gasteiger partial charge in [-0.15, -0.1) is 0 Å². The maximum Gasteiger partial charge on any atom is 0.251 e. The number of aromatic nitrogens is 3. The SMILES string of the molecule is CC(C)c1cc(C(C)C)c(B2c3ccccc3Oc3cc(-n4c5ccccc5c5c6c(c7ccccc7n6-c6cccc(C#N)c6)c6c(c7ccccc7n6-c6ccccc6)c54)ccc32)c(C(C)C)c1. The first-order chi connectivity index (χ1) is 34.2. The Labute approximate surface area is 408 Å². The van der Waals surface area contributed by atoms with E-state index >= 15 is 0 Å². The van der Waals surface area contributed by atoms with Gasteiger partial charge in [-0.2, -0.15) is 5.26 Å². The van der Waals surface area contributed by atoms with Gasteiger partial charge in [-0.3, -0.25) is 0 Å². The fourth-order valence-electron chi connectivity index (χ4n) is 12.0. The quantitative estimate of drug-likeness (QED) is 0.150. The van der Waals surface area contributed by atoms with Crippen molar-refractivity contribution in [2.75, 3.05) is 0 Å². The fraction of sp³-hybridized carbons (Fsp3) is 0.141. The molecule has 70 heavy (non-hydrogen) atoms. The Morgan fingerprint density at radius 2 is 0.900 bits per heavy atom. The molecule has 0 saturated carbocycles. The molecule has 0 radical (unpaired) electrons. The largest absolute Gasteiger partial charge is 0.458 e. The van der Waals surface area contributed by atoms with Crippen molar-refractivity contribution >= 4 is 88.5 Å². The molecule has 0 amide bonds. The van der Waals surface area contributed by atoms with Crippen LogP contribution in [0.2, 0.25) is 0 Å². The van der Waals surface area contributed by atoms with Gasteiger partial charge in [0.05, 0.1) is 44.7 Å². The third-order valence-electron chi connectivity index (χ3n) is 15.1. The summed E-state index contributed by atoms with van der Waals surface area (Å²) < 4.78 is 14.5. The maximum absolute atomic E-state index is 10.3. The molecule has 0 spiro atoms. The van der Waals surface area contributed by atoms with E-state index in [-0.39, 0.29) is 6.71 Å². The number of hydrogen-bond acceptors (Lipinski definition) is 2. The number of nitriles is 1. The topological polar surface area (TPSA) is 47.8 Å². The summed E-state index contributed by atoms with van der Waals surface area (Å²) in [6.07, 6.45) is 0. The van der Waals surface area contributed by atoms with Crippen molar-refractivity contribution in [3.63, 3.8) is 0 Å². The lowest BCUT2D eigenvalue weighted by molar-refractivity contribution is 0.487. The number of nitrogens with zero attached hydrogens (tertiary/aromatic N) is 4. The van der Waals surface area contributed by atoms with Crippen LogP contribution in [0.3, 0.4) is 0 Å². The Bertz CT molecular complexity index is 4130. The van der Waals surface area contributed by atoms with Gasteiger partial charge in [-0.05, 0) is 106 Å². The zero-order chi connectivity index (χ0) is 47.5. The monoisotopic (exact) mass is 902 g/mol. The minimum atomic E-state index is -0.0155. The minimum absolute atomic E-state index is 0.0155. The van der Waals surface area contributed by atoms with Crippen LogP contribution in [0, 0.1) is 11.3 Å². The highest BCUT2D eigenvalue weighted by Gasteiger charge is 2.37. The van der Waals surface area contributed by atoms with E-state index in [0.29, 0.717) is 23.3 Å². The van der Waals surface area contributed by atoms with Crippen LogP contribution >= 0.6 is 0 Å². The molecule has 3 aromatic heterocycles. The highest BCUT2D eigenvalue weighted by atomic mass is 16.5. The summed E-state index contributed by atoms with van der Waals surface area (Å²) in [5, 5.41) is 17.2. The third-order valence-corrected chi connectivity index (χ3v) is 15.1. The van der Waals surface area contributed by atoms with E-state index in [9.17, 15) is 5.26 Å². The Morgan fingerprint density at radius 1 is 0.429 bits per heavy atom. The van der Waals surface area contributed by atoms with Crippen LogP contribution in [0.5, 0.6) is 11.5 Å². The first kappa shape index (κ1) is 41.9. The molecule has 12 aromatic rings. The van der Waals surface area contributed by atoms with Crippen molar-refractivity contribution in [2.45, 2.75) is 59.3 Å². The average molecular weight is 903 g/mol. The van der Waals surface area contributed by atoms with Gasteiger partial charge in [0.2, 0.25) is 0 Å². The number of para-hydroxylation sites is 5. The van der Waals surface area contributed by atoms with Crippen LogP contribution in [0.1, 0.15) is 81.5 Å². The van der Waals surface area contributed by atoms with Crippen LogP contribution in [0.4, 0.5) is 0 Å². The van der Waals surface area contributed by atoms with Gasteiger partial charge in [0.15, 0.2) is 0 Å². The summed E-state index contributed by atoms with van der Waals surface area (Å²) in [4.78, 5) is 0. The fourth-order valence-corrected chi connectivity index (χ4v) is 12.0. The highest BCUT2D eigenvalue weighted by Crippen LogP contribution is 2.50. The van der Waals surface area contributed by atoms with Crippen LogP contribution in [0.25, 0.3) is 82.5 Å². The van der Waals surface area contributed by atoms with E-state index in [2.05, 4.69) is 225 Å². The lowest BCUT2D eigenvalue weighted by atomic mass is 9.34. The number of fused-ring (bicyclic) bond motifs is 14. The van der Waals surface area contributed by atoms with E-state index in [4.69, 9.17) is 4.74 Å². The molecule has 5 nitrogen and oxygen atoms in total. The van der Waals surface area contributed by atoms with Crippen LogP contribution in [0.15, 0.2) is 182 Å². The molecule has 0 fully saturated rings. The molecule has 0 saturated heterocycles. The van der Waals surface area contributed by atoms with Gasteiger partial charge in [0.25, 0.3) is 6.71 Å². The predicted octanol–water partition coefficient (Wildman–Crippen LogP) is 14.8. The highest BCUT2D eigenvalue weighted by molar-refractivity contribution is 6.97. The molecule has 1 aliphatic heterocycles. The summed E-state index contributed by atoms with van der Waals surface area (Å²) in [7, 11) is 0. The second-order valence-corrected chi connectivity index (χ2v) is 20.1. The molecule has 1 aliphatic rings. The van der Waals surface area contributed by atoms with Crippen molar-refractivity contribution in [3.8, 4) is 34.6 Å². The van der Waals surface area contributed by atoms with Crippen molar-refractivity contribution < 1.29 is 4.74 Å². The van der Waals surface area contributed by atoms with E-state index in [1.165, 1.54) is 49.2 Å². The summed E-state index contributed by atoms with van der Waals surface area (Å²) in [6, 6.07) is 68.4. The Hall–Kier alpha value is -8.27. The van der Waals surface area contributed by atoms with Gasteiger partial charge in [-0.1, -0.05) is 162 Å². The standard InChI is InChI=1S/C64H51BN4O/c1-38(2)42-34-49(39(3)4)61(50(35-42)40(5)6)65-51-26-13-17-30-56(51)70-57-36-45(31-32-52(57)65)69-55-29-16-12-25-48(55)60-63-59(47-24-11-15-28-54(47)68(63)44-22-18-19-41(33-44)37-66)62-58(64(60)69)46-23-10-14-27-53(46)67(62)43-20-8-7-9-21-43/h7-36,38-40H,1-6H3. The van der Waals surface area contributed by atoms with Crippen LogP contribution in [-0.4, -0.2) is 20.4 Å². The summed E-state index contributed by atoms with van der Waals surface area (Å²) in [5.41, 5.74) is 18.4.